The van der Waals surface area contributed by atoms with Gasteiger partial charge in [-0.15, -0.1) is 0 Å². The number of carbonyl (C=O) groups excluding carboxylic acids is 1. The SMILES string of the molecule is CCc1cc(CCN(C)C(=O)S)ccc1OC. The van der Waals surface area contributed by atoms with Gasteiger partial charge in [0, 0.05) is 13.6 Å². The van der Waals surface area contributed by atoms with E-state index >= 15 is 0 Å². The average Bonchev–Trinajstić information content (AvgIpc) is 2.35. The molecule has 0 spiro atoms. The van der Waals surface area contributed by atoms with Crippen LogP contribution in [0.2, 0.25) is 0 Å². The smallest absolute Gasteiger partial charge is 0.278 e. The third kappa shape index (κ3) is 3.97. The molecule has 94 valence electrons. The van der Waals surface area contributed by atoms with Crippen LogP contribution in [0.3, 0.4) is 0 Å². The zero-order valence-corrected chi connectivity index (χ0v) is 11.5. The van der Waals surface area contributed by atoms with E-state index in [0.29, 0.717) is 6.54 Å². The van der Waals surface area contributed by atoms with Gasteiger partial charge < -0.3 is 9.64 Å². The van der Waals surface area contributed by atoms with Crippen LogP contribution in [0.25, 0.3) is 0 Å². The van der Waals surface area contributed by atoms with E-state index in [2.05, 4.69) is 25.6 Å². The van der Waals surface area contributed by atoms with Crippen molar-refractivity contribution in [1.82, 2.24) is 4.90 Å². The maximum absolute atomic E-state index is 11.0. The van der Waals surface area contributed by atoms with Gasteiger partial charge in [0.1, 0.15) is 5.75 Å². The van der Waals surface area contributed by atoms with E-state index in [0.717, 1.165) is 18.6 Å². The second kappa shape index (κ2) is 6.55. The van der Waals surface area contributed by atoms with Crippen molar-refractivity contribution in [3.05, 3.63) is 29.3 Å². The molecule has 0 unspecified atom stereocenters. The summed E-state index contributed by atoms with van der Waals surface area (Å²) in [4.78, 5) is 12.6. The van der Waals surface area contributed by atoms with Gasteiger partial charge in [0.25, 0.3) is 5.24 Å². The van der Waals surface area contributed by atoms with Crippen molar-refractivity contribution >= 4 is 17.9 Å². The normalized spacial score (nSPS) is 10.1. The van der Waals surface area contributed by atoms with Gasteiger partial charge >= 0.3 is 0 Å². The Morgan fingerprint density at radius 1 is 1.47 bits per heavy atom. The fourth-order valence-electron chi connectivity index (χ4n) is 1.66. The molecule has 0 radical (unpaired) electrons. The van der Waals surface area contributed by atoms with E-state index in [1.54, 1.807) is 19.1 Å². The van der Waals surface area contributed by atoms with E-state index in [1.807, 2.05) is 12.1 Å². The van der Waals surface area contributed by atoms with Crippen molar-refractivity contribution < 1.29 is 9.53 Å². The lowest BCUT2D eigenvalue weighted by atomic mass is 10.1. The molecule has 0 saturated heterocycles. The van der Waals surface area contributed by atoms with Gasteiger partial charge in [-0.05, 0) is 30.0 Å². The minimum atomic E-state index is -0.200. The lowest BCUT2D eigenvalue weighted by Gasteiger charge is -2.14. The third-order valence-corrected chi connectivity index (χ3v) is 3.13. The number of benzene rings is 1. The Morgan fingerprint density at radius 2 is 2.18 bits per heavy atom. The third-order valence-electron chi connectivity index (χ3n) is 2.79. The van der Waals surface area contributed by atoms with Crippen molar-refractivity contribution in [3.8, 4) is 5.75 Å². The standard InChI is InChI=1S/C13H19NO2S/c1-4-11-9-10(5-6-12(11)16-3)7-8-14(2)13(15)17/h5-6,9H,4,7-8H2,1-3H3,(H,15,17). The first-order chi connectivity index (χ1) is 8.08. The molecule has 1 aromatic carbocycles. The van der Waals surface area contributed by atoms with Crippen LogP contribution in [0.1, 0.15) is 18.1 Å². The molecule has 1 amide bonds. The topological polar surface area (TPSA) is 29.5 Å². The predicted molar refractivity (Wildman–Crippen MR) is 73.1 cm³/mol. The average molecular weight is 253 g/mol. The number of amides is 1. The predicted octanol–water partition coefficient (Wildman–Crippen LogP) is 2.78. The van der Waals surface area contributed by atoms with Crippen molar-refractivity contribution in [1.29, 1.82) is 0 Å². The number of nitrogens with zero attached hydrogens (tertiary/aromatic N) is 1. The van der Waals surface area contributed by atoms with Crippen LogP contribution in [0.5, 0.6) is 5.75 Å². The molecule has 3 nitrogen and oxygen atoms in total. The monoisotopic (exact) mass is 253 g/mol. The zero-order valence-electron chi connectivity index (χ0n) is 10.6. The molecule has 0 N–H and O–H groups in total. The molecule has 0 aromatic heterocycles. The number of aryl methyl sites for hydroxylation is 1. The number of ether oxygens (including phenoxy) is 1. The summed E-state index contributed by atoms with van der Waals surface area (Å²) in [6.07, 6.45) is 1.78. The summed E-state index contributed by atoms with van der Waals surface area (Å²) in [7, 11) is 3.43. The molecule has 17 heavy (non-hydrogen) atoms. The van der Waals surface area contributed by atoms with Gasteiger partial charge in [0.05, 0.1) is 7.11 Å². The molecule has 0 fully saturated rings. The lowest BCUT2D eigenvalue weighted by molar-refractivity contribution is 0.234. The largest absolute Gasteiger partial charge is 0.496 e. The van der Waals surface area contributed by atoms with Gasteiger partial charge in [0.2, 0.25) is 0 Å². The van der Waals surface area contributed by atoms with Gasteiger partial charge in [0.15, 0.2) is 0 Å². The molecule has 0 aliphatic heterocycles. The number of methoxy groups -OCH3 is 1. The van der Waals surface area contributed by atoms with E-state index < -0.39 is 0 Å². The second-order valence-electron chi connectivity index (χ2n) is 3.95. The fraction of sp³-hybridized carbons (Fsp3) is 0.462. The van der Waals surface area contributed by atoms with Crippen LogP contribution in [0.4, 0.5) is 4.79 Å². The first kappa shape index (κ1) is 13.9. The van der Waals surface area contributed by atoms with Crippen LogP contribution >= 0.6 is 12.6 Å². The summed E-state index contributed by atoms with van der Waals surface area (Å²) >= 11 is 3.78. The molecule has 0 heterocycles. The molecule has 1 aromatic rings. The van der Waals surface area contributed by atoms with Crippen LogP contribution in [-0.2, 0) is 12.8 Å². The second-order valence-corrected chi connectivity index (χ2v) is 4.34. The summed E-state index contributed by atoms with van der Waals surface area (Å²) in [6, 6.07) is 6.15. The molecule has 4 heteroatoms. The van der Waals surface area contributed by atoms with Gasteiger partial charge in [-0.3, -0.25) is 4.79 Å². The summed E-state index contributed by atoms with van der Waals surface area (Å²) in [5, 5.41) is -0.200. The van der Waals surface area contributed by atoms with Gasteiger partial charge in [-0.2, -0.15) is 0 Å². The highest BCUT2D eigenvalue weighted by Gasteiger charge is 2.05. The number of hydrogen-bond donors (Lipinski definition) is 1. The van der Waals surface area contributed by atoms with Crippen LogP contribution < -0.4 is 4.74 Å². The van der Waals surface area contributed by atoms with E-state index in [9.17, 15) is 4.79 Å². The molecular formula is C13H19NO2S. The number of rotatable bonds is 5. The minimum Gasteiger partial charge on any atom is -0.496 e. The Balaban J connectivity index is 2.69. The fourth-order valence-corrected chi connectivity index (χ4v) is 1.76. The first-order valence-electron chi connectivity index (χ1n) is 5.68. The van der Waals surface area contributed by atoms with Crippen LogP contribution in [-0.4, -0.2) is 30.8 Å². The first-order valence-corrected chi connectivity index (χ1v) is 6.13. The highest BCUT2D eigenvalue weighted by atomic mass is 32.1. The molecule has 0 atom stereocenters. The Labute approximate surface area is 108 Å². The Hall–Kier alpha value is -1.16. The Morgan fingerprint density at radius 3 is 2.71 bits per heavy atom. The Kier molecular flexibility index (Phi) is 5.35. The maximum Gasteiger partial charge on any atom is 0.278 e. The number of thiol groups is 1. The highest BCUT2D eigenvalue weighted by Crippen LogP contribution is 2.20. The van der Waals surface area contributed by atoms with E-state index in [4.69, 9.17) is 4.74 Å². The van der Waals surface area contributed by atoms with Gasteiger partial charge in [-0.1, -0.05) is 31.7 Å². The minimum absolute atomic E-state index is 0.200. The molecule has 0 aliphatic carbocycles. The van der Waals surface area contributed by atoms with Crippen LogP contribution in [0.15, 0.2) is 18.2 Å². The van der Waals surface area contributed by atoms with Crippen molar-refractivity contribution in [3.63, 3.8) is 0 Å². The molecule has 0 saturated carbocycles. The quantitative estimate of drug-likeness (QED) is 0.818. The number of hydrogen-bond acceptors (Lipinski definition) is 2. The van der Waals surface area contributed by atoms with Gasteiger partial charge in [-0.25, -0.2) is 0 Å². The van der Waals surface area contributed by atoms with Crippen LogP contribution in [0, 0.1) is 0 Å². The maximum atomic E-state index is 11.0. The summed E-state index contributed by atoms with van der Waals surface area (Å²) in [6.45, 7) is 2.78. The van der Waals surface area contributed by atoms with E-state index in [1.165, 1.54) is 11.1 Å². The molecular weight excluding hydrogens is 234 g/mol. The van der Waals surface area contributed by atoms with Crippen molar-refractivity contribution in [2.75, 3.05) is 20.7 Å². The molecule has 0 aliphatic rings. The Bertz CT molecular complexity index is 393. The van der Waals surface area contributed by atoms with Crippen molar-refractivity contribution in [2.45, 2.75) is 19.8 Å². The number of carbonyl (C=O) groups is 1. The zero-order chi connectivity index (χ0) is 12.8. The summed E-state index contributed by atoms with van der Waals surface area (Å²) in [5.41, 5.74) is 2.41. The lowest BCUT2D eigenvalue weighted by Crippen LogP contribution is -2.23. The molecule has 1 rings (SSSR count). The summed E-state index contributed by atoms with van der Waals surface area (Å²) < 4.78 is 5.28. The molecule has 0 bridgehead atoms. The number of likely N-dealkylation sites (N-methyl/N-ethyl adjacent to an activating group) is 1. The highest BCUT2D eigenvalue weighted by molar-refractivity contribution is 7.96. The summed E-state index contributed by atoms with van der Waals surface area (Å²) in [5.74, 6) is 0.926. The van der Waals surface area contributed by atoms with Crippen molar-refractivity contribution in [2.24, 2.45) is 0 Å². The van der Waals surface area contributed by atoms with E-state index in [-0.39, 0.29) is 5.24 Å².